The van der Waals surface area contributed by atoms with Gasteiger partial charge in [0.1, 0.15) is 17.1 Å². The molecular formula is C27H20ClN3O4S. The number of anilines is 2. The first-order valence-electron chi connectivity index (χ1n) is 11.4. The first kappa shape index (κ1) is 22.7. The molecule has 2 aliphatic rings. The van der Waals surface area contributed by atoms with Crippen LogP contribution in [-0.4, -0.2) is 22.5 Å². The first-order valence-corrected chi connectivity index (χ1v) is 12.6. The minimum absolute atomic E-state index is 0.195. The molecule has 0 saturated carbocycles. The summed E-state index contributed by atoms with van der Waals surface area (Å²) in [5.74, 6) is -1.71. The molecule has 9 heteroatoms. The van der Waals surface area contributed by atoms with Crippen LogP contribution in [0.5, 0.6) is 0 Å². The summed E-state index contributed by atoms with van der Waals surface area (Å²) in [4.78, 5) is 47.9. The van der Waals surface area contributed by atoms with Crippen molar-refractivity contribution in [2.75, 3.05) is 9.96 Å². The van der Waals surface area contributed by atoms with Crippen molar-refractivity contribution in [1.29, 1.82) is 0 Å². The van der Waals surface area contributed by atoms with Gasteiger partial charge >= 0.3 is 4.87 Å². The van der Waals surface area contributed by atoms with Crippen molar-refractivity contribution < 1.29 is 14.4 Å². The second-order valence-corrected chi connectivity index (χ2v) is 10.1. The Morgan fingerprint density at radius 1 is 0.778 bits per heavy atom. The average Bonchev–Trinajstić information content (AvgIpc) is 3.50. The van der Waals surface area contributed by atoms with Gasteiger partial charge in [-0.2, -0.15) is 0 Å². The molecule has 4 aromatic rings. The van der Waals surface area contributed by atoms with E-state index in [2.05, 4.69) is 0 Å². The van der Waals surface area contributed by atoms with Crippen LogP contribution < -0.4 is 14.8 Å². The van der Waals surface area contributed by atoms with Crippen LogP contribution in [-0.2, 0) is 14.4 Å². The van der Waals surface area contributed by atoms with Crippen LogP contribution in [0.1, 0.15) is 16.5 Å². The van der Waals surface area contributed by atoms with Crippen molar-refractivity contribution in [3.63, 3.8) is 0 Å². The fraction of sp³-hybridized carbons (Fsp3) is 0.148. The molecular weight excluding hydrogens is 498 g/mol. The average molecular weight is 518 g/mol. The Balaban J connectivity index is 1.48. The van der Waals surface area contributed by atoms with Gasteiger partial charge in [-0.1, -0.05) is 77.0 Å². The maximum absolute atomic E-state index is 13.8. The van der Waals surface area contributed by atoms with Crippen LogP contribution in [0.4, 0.5) is 11.4 Å². The quantitative estimate of drug-likeness (QED) is 0.360. The molecule has 0 bridgehead atoms. The smallest absolute Gasteiger partial charge is 0.273 e. The fourth-order valence-electron chi connectivity index (χ4n) is 4.78. The third kappa shape index (κ3) is 3.49. The Kier molecular flexibility index (Phi) is 5.52. The normalized spacial score (nSPS) is 21.3. The summed E-state index contributed by atoms with van der Waals surface area (Å²) >= 11 is 7.78. The lowest BCUT2D eigenvalue weighted by atomic mass is 9.95. The van der Waals surface area contributed by atoms with Gasteiger partial charge in [0.15, 0.2) is 6.10 Å². The molecule has 2 amide bonds. The largest absolute Gasteiger partial charge is 0.313 e. The number of aryl methyl sites for hydroxylation is 1. The number of aromatic nitrogens is 1. The number of amides is 2. The minimum Gasteiger partial charge on any atom is -0.273 e. The van der Waals surface area contributed by atoms with Crippen molar-refractivity contribution >= 4 is 46.1 Å². The van der Waals surface area contributed by atoms with E-state index in [0.29, 0.717) is 21.9 Å². The number of hydrogen-bond donors (Lipinski definition) is 0. The second kappa shape index (κ2) is 8.74. The second-order valence-electron chi connectivity index (χ2n) is 8.70. The molecule has 0 aliphatic carbocycles. The van der Waals surface area contributed by atoms with Crippen molar-refractivity contribution in [2.45, 2.75) is 19.1 Å². The predicted octanol–water partition coefficient (Wildman–Crippen LogP) is 4.91. The maximum Gasteiger partial charge on any atom is 0.313 e. The Morgan fingerprint density at radius 3 is 2.03 bits per heavy atom. The zero-order valence-corrected chi connectivity index (χ0v) is 20.6. The Bertz CT molecular complexity index is 1520. The van der Waals surface area contributed by atoms with Crippen LogP contribution in [0, 0.1) is 12.8 Å². The number of hydroxylamine groups is 1. The van der Waals surface area contributed by atoms with Crippen LogP contribution in [0.15, 0.2) is 89.7 Å². The van der Waals surface area contributed by atoms with Gasteiger partial charge in [0, 0.05) is 0 Å². The number of fused-ring (bicyclic) bond motifs is 1. The third-order valence-electron chi connectivity index (χ3n) is 6.48. The molecule has 7 nitrogen and oxygen atoms in total. The number of benzene rings is 3. The van der Waals surface area contributed by atoms with Gasteiger partial charge in [-0.15, -0.1) is 0 Å². The lowest BCUT2D eigenvalue weighted by Gasteiger charge is -2.28. The van der Waals surface area contributed by atoms with Crippen LogP contribution in [0.3, 0.4) is 0 Å². The number of hydrogen-bond acceptors (Lipinski definition) is 6. The van der Waals surface area contributed by atoms with E-state index in [1.165, 1.54) is 9.47 Å². The minimum atomic E-state index is -1.04. The molecule has 1 aromatic heterocycles. The molecule has 3 heterocycles. The highest BCUT2D eigenvalue weighted by Crippen LogP contribution is 2.50. The van der Waals surface area contributed by atoms with Gasteiger partial charge in [-0.3, -0.25) is 23.8 Å². The van der Waals surface area contributed by atoms with Crippen LogP contribution >= 0.6 is 22.9 Å². The lowest BCUT2D eigenvalue weighted by molar-refractivity contribution is -0.126. The first-order chi connectivity index (χ1) is 17.5. The number of para-hydroxylation sites is 2. The van der Waals surface area contributed by atoms with E-state index in [1.54, 1.807) is 29.3 Å². The Morgan fingerprint density at radius 2 is 1.39 bits per heavy atom. The molecule has 0 N–H and O–H groups in total. The lowest BCUT2D eigenvalue weighted by Crippen LogP contribution is -2.37. The topological polar surface area (TPSA) is 71.8 Å². The molecule has 0 radical (unpaired) electrons. The monoisotopic (exact) mass is 517 g/mol. The number of rotatable bonds is 4. The van der Waals surface area contributed by atoms with Crippen LogP contribution in [0.2, 0.25) is 5.15 Å². The van der Waals surface area contributed by atoms with E-state index in [0.717, 1.165) is 16.9 Å². The summed E-state index contributed by atoms with van der Waals surface area (Å²) in [7, 11) is 0. The maximum atomic E-state index is 13.8. The summed E-state index contributed by atoms with van der Waals surface area (Å²) < 4.78 is 1.41. The van der Waals surface area contributed by atoms with E-state index in [1.807, 2.05) is 67.6 Å². The highest BCUT2D eigenvalue weighted by molar-refractivity contribution is 7.10. The summed E-state index contributed by atoms with van der Waals surface area (Å²) in [6.07, 6.45) is -1.04. The zero-order valence-electron chi connectivity index (χ0n) is 19.1. The summed E-state index contributed by atoms with van der Waals surface area (Å²) in [6.45, 7) is 1.93. The van der Waals surface area contributed by atoms with Gasteiger partial charge in [0.25, 0.3) is 5.91 Å². The third-order valence-corrected chi connectivity index (χ3v) is 7.98. The number of halogens is 1. The summed E-state index contributed by atoms with van der Waals surface area (Å²) in [5.41, 5.74) is 2.77. The van der Waals surface area contributed by atoms with Crippen molar-refractivity contribution in [1.82, 2.24) is 4.57 Å². The highest BCUT2D eigenvalue weighted by Gasteiger charge is 2.61. The highest BCUT2D eigenvalue weighted by atomic mass is 35.5. The molecule has 2 fully saturated rings. The van der Waals surface area contributed by atoms with Crippen molar-refractivity contribution in [3.8, 4) is 5.69 Å². The van der Waals surface area contributed by atoms with Gasteiger partial charge in [-0.25, -0.2) is 9.96 Å². The standard InChI is InChI=1S/C27H20ClN3O4S/c1-16-12-14-18(15-13-16)30-25(32)20-21(31(35-22(20)26(30)33)19-10-6-3-7-11-19)23-24(28)29(27(34)36-23)17-8-4-2-5-9-17/h2-15,20-22H,1H3/t20-,21+,22-/m0/s1. The fourth-order valence-corrected chi connectivity index (χ4v) is 6.24. The number of thiazole rings is 1. The SMILES string of the molecule is Cc1ccc(N2C(=O)[C@@H]3[C@H](ON(c4ccccc4)[C@H]3c3sc(=O)n(-c4ccccc4)c3Cl)C2=O)cc1. The van der Waals surface area contributed by atoms with Crippen LogP contribution in [0.25, 0.3) is 5.69 Å². The van der Waals surface area contributed by atoms with E-state index in [4.69, 9.17) is 16.4 Å². The molecule has 6 rings (SSSR count). The molecule has 3 aromatic carbocycles. The van der Waals surface area contributed by atoms with E-state index >= 15 is 0 Å². The summed E-state index contributed by atoms with van der Waals surface area (Å²) in [5, 5.41) is 1.74. The number of nitrogens with zero attached hydrogens (tertiary/aromatic N) is 3. The van der Waals surface area contributed by atoms with Crippen molar-refractivity contribution in [3.05, 3.63) is 110 Å². The number of carbonyl (C=O) groups is 2. The molecule has 2 saturated heterocycles. The summed E-state index contributed by atoms with van der Waals surface area (Å²) in [6, 6.07) is 24.7. The molecule has 180 valence electrons. The molecule has 0 unspecified atom stereocenters. The predicted molar refractivity (Wildman–Crippen MR) is 139 cm³/mol. The molecule has 0 spiro atoms. The Hall–Kier alpha value is -3.72. The van der Waals surface area contributed by atoms with Gasteiger partial charge < -0.3 is 0 Å². The number of imide groups is 1. The van der Waals surface area contributed by atoms with E-state index in [9.17, 15) is 14.4 Å². The molecule has 36 heavy (non-hydrogen) atoms. The van der Waals surface area contributed by atoms with E-state index in [-0.39, 0.29) is 15.9 Å². The van der Waals surface area contributed by atoms with Crippen molar-refractivity contribution in [2.24, 2.45) is 5.92 Å². The Labute approximate surface area is 215 Å². The van der Waals surface area contributed by atoms with E-state index < -0.39 is 24.0 Å². The molecule has 3 atom stereocenters. The zero-order chi connectivity index (χ0) is 25.0. The van der Waals surface area contributed by atoms with Gasteiger partial charge in [0.05, 0.1) is 21.9 Å². The van der Waals surface area contributed by atoms with Gasteiger partial charge in [-0.05, 0) is 43.3 Å². The van der Waals surface area contributed by atoms with Gasteiger partial charge in [0.2, 0.25) is 5.91 Å². The number of carbonyl (C=O) groups excluding carboxylic acids is 2. The molecule has 2 aliphatic heterocycles.